The third-order valence-corrected chi connectivity index (χ3v) is 4.50. The monoisotopic (exact) mass is 409 g/mol. The van der Waals surface area contributed by atoms with Gasteiger partial charge in [-0.2, -0.15) is 0 Å². The summed E-state index contributed by atoms with van der Waals surface area (Å²) in [5.74, 6) is -1.10. The van der Waals surface area contributed by atoms with E-state index in [1.807, 2.05) is 12.1 Å². The maximum absolute atomic E-state index is 12.1. The van der Waals surface area contributed by atoms with E-state index in [0.29, 0.717) is 5.75 Å². The van der Waals surface area contributed by atoms with Crippen LogP contribution in [0.15, 0.2) is 60.7 Å². The number of aryl methyl sites for hydroxylation is 2. The lowest BCUT2D eigenvalue weighted by atomic mass is 10.0. The lowest BCUT2D eigenvalue weighted by molar-refractivity contribution is -0.118. The molecule has 1 amide bonds. The predicted molar refractivity (Wildman–Crippen MR) is 114 cm³/mol. The number of carbonyl (C=O) groups is 2. The molecule has 29 heavy (non-hydrogen) atoms. The molecule has 0 aliphatic carbocycles. The summed E-state index contributed by atoms with van der Waals surface area (Å²) in [7, 11) is 0. The Kier molecular flexibility index (Phi) is 6.20. The van der Waals surface area contributed by atoms with Gasteiger partial charge in [0.15, 0.2) is 6.61 Å². The molecule has 3 rings (SSSR count). The van der Waals surface area contributed by atoms with Gasteiger partial charge in [-0.15, -0.1) is 0 Å². The first-order chi connectivity index (χ1) is 13.8. The topological polar surface area (TPSA) is 75.6 Å². The number of halogens is 1. The fourth-order valence-electron chi connectivity index (χ4n) is 3.02. The number of rotatable bonds is 6. The number of hydrogen-bond acceptors (Lipinski definition) is 3. The summed E-state index contributed by atoms with van der Waals surface area (Å²) in [4.78, 5) is 23.4. The first-order valence-electron chi connectivity index (χ1n) is 8.96. The molecule has 5 nitrogen and oxygen atoms in total. The molecule has 0 aliphatic heterocycles. The van der Waals surface area contributed by atoms with E-state index in [0.717, 1.165) is 11.1 Å². The van der Waals surface area contributed by atoms with Crippen molar-refractivity contribution in [1.29, 1.82) is 0 Å². The number of benzene rings is 3. The summed E-state index contributed by atoms with van der Waals surface area (Å²) >= 11 is 5.81. The quantitative estimate of drug-likeness (QED) is 0.576. The number of amides is 1. The predicted octanol–water partition coefficient (Wildman–Crippen LogP) is 5.34. The fourth-order valence-corrected chi connectivity index (χ4v) is 3.19. The van der Waals surface area contributed by atoms with E-state index >= 15 is 0 Å². The number of carboxylic acid groups (broad SMARTS) is 1. The molecule has 0 unspecified atom stereocenters. The van der Waals surface area contributed by atoms with Crippen molar-refractivity contribution in [1.82, 2.24) is 0 Å². The molecule has 0 fully saturated rings. The lowest BCUT2D eigenvalue weighted by Gasteiger charge is -2.11. The van der Waals surface area contributed by atoms with Crippen molar-refractivity contribution in [3.63, 3.8) is 0 Å². The number of ether oxygens (including phenoxy) is 1. The molecule has 2 N–H and O–H groups in total. The van der Waals surface area contributed by atoms with Gasteiger partial charge in [0, 0.05) is 5.02 Å². The van der Waals surface area contributed by atoms with E-state index in [-0.39, 0.29) is 22.9 Å². The van der Waals surface area contributed by atoms with Crippen molar-refractivity contribution < 1.29 is 19.4 Å². The van der Waals surface area contributed by atoms with E-state index < -0.39 is 11.9 Å². The number of nitrogens with one attached hydrogen (secondary N) is 1. The van der Waals surface area contributed by atoms with Gasteiger partial charge < -0.3 is 15.2 Å². The molecule has 0 radical (unpaired) electrons. The zero-order chi connectivity index (χ0) is 21.0. The van der Waals surface area contributed by atoms with Crippen LogP contribution in [0.1, 0.15) is 21.5 Å². The second kappa shape index (κ2) is 8.80. The summed E-state index contributed by atoms with van der Waals surface area (Å²) in [6.45, 7) is 3.87. The average molecular weight is 410 g/mol. The largest absolute Gasteiger partial charge is 0.484 e. The van der Waals surface area contributed by atoms with Crippen molar-refractivity contribution in [2.24, 2.45) is 0 Å². The van der Waals surface area contributed by atoms with Crippen LogP contribution in [0.5, 0.6) is 5.75 Å². The molecular formula is C23H20ClNO4. The van der Waals surface area contributed by atoms with E-state index in [1.165, 1.54) is 29.3 Å². The molecule has 3 aromatic rings. The molecule has 148 valence electrons. The molecule has 0 aliphatic rings. The summed E-state index contributed by atoms with van der Waals surface area (Å²) < 4.78 is 5.52. The number of anilines is 1. The first kappa shape index (κ1) is 20.4. The molecule has 0 spiro atoms. The first-order valence-corrected chi connectivity index (χ1v) is 9.34. The lowest BCUT2D eigenvalue weighted by Crippen LogP contribution is -2.21. The third-order valence-electron chi connectivity index (χ3n) is 4.27. The van der Waals surface area contributed by atoms with Crippen LogP contribution in [0.25, 0.3) is 11.1 Å². The van der Waals surface area contributed by atoms with Gasteiger partial charge in [0.05, 0.1) is 11.3 Å². The highest BCUT2D eigenvalue weighted by Crippen LogP contribution is 2.25. The van der Waals surface area contributed by atoms with Crippen LogP contribution in [0.2, 0.25) is 5.02 Å². The highest BCUT2D eigenvalue weighted by Gasteiger charge is 2.13. The van der Waals surface area contributed by atoms with Crippen molar-refractivity contribution in [3.8, 4) is 16.9 Å². The average Bonchev–Trinajstić information content (AvgIpc) is 2.67. The maximum atomic E-state index is 12.1. The Labute approximate surface area is 173 Å². The fraction of sp³-hybridized carbons (Fsp3) is 0.130. The Morgan fingerprint density at radius 2 is 1.59 bits per heavy atom. The van der Waals surface area contributed by atoms with Crippen LogP contribution in [-0.4, -0.2) is 23.6 Å². The van der Waals surface area contributed by atoms with Crippen LogP contribution in [0.3, 0.4) is 0 Å². The molecule has 0 atom stereocenters. The van der Waals surface area contributed by atoms with Gasteiger partial charge in [-0.05, 0) is 55.3 Å². The van der Waals surface area contributed by atoms with Gasteiger partial charge in [-0.3, -0.25) is 4.79 Å². The third kappa shape index (κ3) is 5.36. The summed E-state index contributed by atoms with van der Waals surface area (Å²) in [6, 6.07) is 18.1. The zero-order valence-electron chi connectivity index (χ0n) is 16.0. The molecule has 6 heteroatoms. The maximum Gasteiger partial charge on any atom is 0.337 e. The van der Waals surface area contributed by atoms with Crippen molar-refractivity contribution >= 4 is 29.2 Å². The number of hydrogen-bond donors (Lipinski definition) is 2. The highest BCUT2D eigenvalue weighted by atomic mass is 35.5. The van der Waals surface area contributed by atoms with Gasteiger partial charge in [0.1, 0.15) is 5.75 Å². The summed E-state index contributed by atoms with van der Waals surface area (Å²) in [5.41, 5.74) is 4.65. The van der Waals surface area contributed by atoms with E-state index in [4.69, 9.17) is 16.3 Å². The van der Waals surface area contributed by atoms with Crippen LogP contribution in [0, 0.1) is 13.8 Å². The summed E-state index contributed by atoms with van der Waals surface area (Å²) in [6.07, 6.45) is 0. The minimum absolute atomic E-state index is 0.0800. The molecule has 0 heterocycles. The normalized spacial score (nSPS) is 10.4. The second-order valence-electron chi connectivity index (χ2n) is 6.73. The van der Waals surface area contributed by atoms with E-state index in [2.05, 4.69) is 37.4 Å². The highest BCUT2D eigenvalue weighted by molar-refractivity contribution is 6.31. The van der Waals surface area contributed by atoms with Crippen LogP contribution in [0.4, 0.5) is 5.69 Å². The second-order valence-corrected chi connectivity index (χ2v) is 7.17. The number of carbonyl (C=O) groups excluding carboxylic acids is 1. The van der Waals surface area contributed by atoms with E-state index in [1.54, 1.807) is 12.1 Å². The Morgan fingerprint density at radius 3 is 2.21 bits per heavy atom. The van der Waals surface area contributed by atoms with Gasteiger partial charge in [0.2, 0.25) is 0 Å². The molecular weight excluding hydrogens is 390 g/mol. The Bertz CT molecular complexity index is 1040. The van der Waals surface area contributed by atoms with Crippen molar-refractivity contribution in [2.75, 3.05) is 11.9 Å². The van der Waals surface area contributed by atoms with E-state index in [9.17, 15) is 14.7 Å². The SMILES string of the molecule is Cc1cc(C)cc(-c2ccc(OCC(=O)Nc3ccc(Cl)cc3C(=O)O)cc2)c1. The van der Waals surface area contributed by atoms with Gasteiger partial charge in [0.25, 0.3) is 5.91 Å². The van der Waals surface area contributed by atoms with Crippen molar-refractivity contribution in [3.05, 3.63) is 82.4 Å². The molecule has 0 bridgehead atoms. The van der Waals surface area contributed by atoms with Gasteiger partial charge >= 0.3 is 5.97 Å². The number of aromatic carboxylic acids is 1. The molecule has 0 aromatic heterocycles. The number of carboxylic acids is 1. The minimum Gasteiger partial charge on any atom is -0.484 e. The Balaban J connectivity index is 1.63. The van der Waals surface area contributed by atoms with Crippen LogP contribution in [-0.2, 0) is 4.79 Å². The van der Waals surface area contributed by atoms with Crippen LogP contribution < -0.4 is 10.1 Å². The minimum atomic E-state index is -1.18. The molecule has 0 saturated carbocycles. The molecule has 0 saturated heterocycles. The van der Waals surface area contributed by atoms with Crippen LogP contribution >= 0.6 is 11.6 Å². The smallest absolute Gasteiger partial charge is 0.337 e. The summed E-state index contributed by atoms with van der Waals surface area (Å²) in [5, 5.41) is 12.0. The van der Waals surface area contributed by atoms with Gasteiger partial charge in [-0.25, -0.2) is 4.79 Å². The Hall–Kier alpha value is -3.31. The molecule has 3 aromatic carbocycles. The Morgan fingerprint density at radius 1 is 0.931 bits per heavy atom. The van der Waals surface area contributed by atoms with Crippen molar-refractivity contribution in [2.45, 2.75) is 13.8 Å². The zero-order valence-corrected chi connectivity index (χ0v) is 16.8. The standard InChI is InChI=1S/C23H20ClNO4/c1-14-9-15(2)11-17(10-14)16-3-6-19(7-4-16)29-13-22(26)25-21-8-5-18(24)12-20(21)23(27)28/h3-12H,13H2,1-2H3,(H,25,26)(H,27,28). The van der Waals surface area contributed by atoms with Gasteiger partial charge in [-0.1, -0.05) is 53.1 Å².